The Morgan fingerprint density at radius 2 is 2.25 bits per heavy atom. The van der Waals surface area contributed by atoms with Gasteiger partial charge in [0.2, 0.25) is 0 Å². The van der Waals surface area contributed by atoms with Crippen LogP contribution in [0.25, 0.3) is 0 Å². The van der Waals surface area contributed by atoms with Crippen molar-refractivity contribution in [3.05, 3.63) is 45.4 Å². The van der Waals surface area contributed by atoms with Crippen LogP contribution in [-0.4, -0.2) is 16.1 Å². The second-order valence-corrected chi connectivity index (χ2v) is 5.02. The van der Waals surface area contributed by atoms with Crippen LogP contribution < -0.4 is 4.74 Å². The van der Waals surface area contributed by atoms with E-state index in [4.69, 9.17) is 4.74 Å². The number of ether oxygens (including phenoxy) is 1. The minimum Gasteiger partial charge on any atom is -0.483 e. The first kappa shape index (κ1) is 14.7. The Morgan fingerprint density at radius 3 is 2.90 bits per heavy atom. The highest BCUT2D eigenvalue weighted by molar-refractivity contribution is 9.10. The van der Waals surface area contributed by atoms with Crippen molar-refractivity contribution in [1.82, 2.24) is 9.78 Å². The molecule has 0 aliphatic heterocycles. The number of carbonyl (C=O) groups is 1. The minimum atomic E-state index is -0.551. The molecule has 20 heavy (non-hydrogen) atoms. The number of aryl methyl sites for hydroxylation is 2. The fourth-order valence-electron chi connectivity index (χ4n) is 1.92. The summed E-state index contributed by atoms with van der Waals surface area (Å²) in [6, 6.07) is 4.25. The molecule has 0 radical (unpaired) electrons. The maximum atomic E-state index is 13.7. The predicted octanol–water partition coefficient (Wildman–Crippen LogP) is 3.50. The number of benzene rings is 1. The molecule has 106 valence electrons. The maximum absolute atomic E-state index is 13.7. The summed E-state index contributed by atoms with van der Waals surface area (Å²) in [5, 5.41) is 4.33. The van der Waals surface area contributed by atoms with Crippen LogP contribution in [0.2, 0.25) is 0 Å². The lowest BCUT2D eigenvalue weighted by atomic mass is 10.2. The van der Waals surface area contributed by atoms with E-state index in [1.807, 2.05) is 13.8 Å². The molecule has 6 heteroatoms. The molecule has 0 N–H and O–H groups in total. The number of hydrogen-bond donors (Lipinski definition) is 0. The van der Waals surface area contributed by atoms with Crippen molar-refractivity contribution in [3.63, 3.8) is 0 Å². The van der Waals surface area contributed by atoms with Crippen molar-refractivity contribution < 1.29 is 13.9 Å². The Balaban J connectivity index is 2.28. The van der Waals surface area contributed by atoms with Gasteiger partial charge in [-0.25, -0.2) is 4.39 Å². The highest BCUT2D eigenvalue weighted by Crippen LogP contribution is 2.26. The standard InChI is InChI=1S/C14H14BrFN2O2/c1-3-18-12(13(15)9(2)17-18)8-20-14-10(7-19)5-4-6-11(14)16/h4-7H,3,8H2,1-2H3. The summed E-state index contributed by atoms with van der Waals surface area (Å²) in [6.07, 6.45) is 0.579. The summed E-state index contributed by atoms with van der Waals surface area (Å²) in [6.45, 7) is 4.65. The molecule has 0 atom stereocenters. The number of aldehydes is 1. The summed E-state index contributed by atoms with van der Waals surface area (Å²) in [7, 11) is 0. The van der Waals surface area contributed by atoms with Crippen molar-refractivity contribution in [1.29, 1.82) is 0 Å². The first-order chi connectivity index (χ1) is 9.58. The first-order valence-corrected chi connectivity index (χ1v) is 6.96. The SMILES string of the molecule is CCn1nc(C)c(Br)c1COc1c(F)cccc1C=O. The second-order valence-electron chi connectivity index (χ2n) is 4.23. The third-order valence-electron chi connectivity index (χ3n) is 2.93. The van der Waals surface area contributed by atoms with E-state index >= 15 is 0 Å². The van der Waals surface area contributed by atoms with Crippen LogP contribution in [0.1, 0.15) is 28.7 Å². The highest BCUT2D eigenvalue weighted by Gasteiger charge is 2.15. The topological polar surface area (TPSA) is 44.1 Å². The largest absolute Gasteiger partial charge is 0.483 e. The van der Waals surface area contributed by atoms with E-state index in [1.165, 1.54) is 18.2 Å². The van der Waals surface area contributed by atoms with Crippen LogP contribution in [0.5, 0.6) is 5.75 Å². The Bertz CT molecular complexity index is 640. The van der Waals surface area contributed by atoms with Gasteiger partial charge in [0.05, 0.1) is 21.4 Å². The molecule has 2 aromatic rings. The number of carbonyl (C=O) groups excluding carboxylic acids is 1. The summed E-state index contributed by atoms with van der Waals surface area (Å²) in [5.41, 5.74) is 1.85. The van der Waals surface area contributed by atoms with Gasteiger partial charge in [0.25, 0.3) is 0 Å². The maximum Gasteiger partial charge on any atom is 0.166 e. The van der Waals surface area contributed by atoms with Gasteiger partial charge in [0, 0.05) is 6.54 Å². The monoisotopic (exact) mass is 340 g/mol. The average Bonchev–Trinajstić information content (AvgIpc) is 2.72. The van der Waals surface area contributed by atoms with Crippen molar-refractivity contribution >= 4 is 22.2 Å². The summed E-state index contributed by atoms with van der Waals surface area (Å²) >= 11 is 3.44. The highest BCUT2D eigenvalue weighted by atomic mass is 79.9. The molecule has 2 rings (SSSR count). The molecule has 1 aromatic carbocycles. The van der Waals surface area contributed by atoms with Gasteiger partial charge in [0.15, 0.2) is 17.9 Å². The van der Waals surface area contributed by atoms with Crippen LogP contribution in [0, 0.1) is 12.7 Å². The van der Waals surface area contributed by atoms with Gasteiger partial charge in [0.1, 0.15) is 6.61 Å². The van der Waals surface area contributed by atoms with Gasteiger partial charge in [-0.3, -0.25) is 9.48 Å². The molecule has 0 saturated heterocycles. The number of rotatable bonds is 5. The quantitative estimate of drug-likeness (QED) is 0.782. The molecule has 0 fully saturated rings. The Kier molecular flexibility index (Phi) is 4.54. The van der Waals surface area contributed by atoms with Gasteiger partial charge >= 0.3 is 0 Å². The third-order valence-corrected chi connectivity index (χ3v) is 3.96. The van der Waals surface area contributed by atoms with E-state index in [9.17, 15) is 9.18 Å². The number of halogens is 2. The van der Waals surface area contributed by atoms with Crippen molar-refractivity contribution in [2.45, 2.75) is 27.0 Å². The Labute approximate surface area is 124 Å². The number of nitrogens with zero attached hydrogens (tertiary/aromatic N) is 2. The Hall–Kier alpha value is -1.69. The number of aromatic nitrogens is 2. The lowest BCUT2D eigenvalue weighted by molar-refractivity contribution is 0.111. The number of hydrogen-bond acceptors (Lipinski definition) is 3. The zero-order chi connectivity index (χ0) is 14.7. The molecule has 0 saturated carbocycles. The summed E-state index contributed by atoms with van der Waals surface area (Å²) in [4.78, 5) is 10.9. The second kappa shape index (κ2) is 6.17. The zero-order valence-electron chi connectivity index (χ0n) is 11.2. The van der Waals surface area contributed by atoms with E-state index in [-0.39, 0.29) is 17.9 Å². The molecule has 1 heterocycles. The van der Waals surface area contributed by atoms with E-state index in [2.05, 4.69) is 21.0 Å². The molecule has 1 aromatic heterocycles. The fourth-order valence-corrected chi connectivity index (χ4v) is 2.32. The molecule has 0 unspecified atom stereocenters. The van der Waals surface area contributed by atoms with Gasteiger partial charge in [-0.1, -0.05) is 6.07 Å². The molecular weight excluding hydrogens is 327 g/mol. The predicted molar refractivity (Wildman–Crippen MR) is 76.5 cm³/mol. The average molecular weight is 341 g/mol. The molecule has 0 aliphatic carbocycles. The molecule has 0 bridgehead atoms. The molecule has 0 spiro atoms. The van der Waals surface area contributed by atoms with E-state index in [0.29, 0.717) is 12.8 Å². The molecule has 0 amide bonds. The minimum absolute atomic E-state index is 0.0316. The smallest absolute Gasteiger partial charge is 0.166 e. The van der Waals surface area contributed by atoms with Crippen LogP contribution in [-0.2, 0) is 13.2 Å². The first-order valence-electron chi connectivity index (χ1n) is 6.16. The lowest BCUT2D eigenvalue weighted by Gasteiger charge is -2.10. The van der Waals surface area contributed by atoms with Crippen molar-refractivity contribution in [2.75, 3.05) is 0 Å². The van der Waals surface area contributed by atoms with Crippen LogP contribution in [0.15, 0.2) is 22.7 Å². The molecule has 0 aliphatic rings. The fraction of sp³-hybridized carbons (Fsp3) is 0.286. The third kappa shape index (κ3) is 2.75. The Morgan fingerprint density at radius 1 is 1.50 bits per heavy atom. The van der Waals surface area contributed by atoms with Crippen molar-refractivity contribution in [3.8, 4) is 5.75 Å². The summed E-state index contributed by atoms with van der Waals surface area (Å²) in [5.74, 6) is -0.582. The van der Waals surface area contributed by atoms with Gasteiger partial charge < -0.3 is 4.74 Å². The van der Waals surface area contributed by atoms with Gasteiger partial charge in [-0.2, -0.15) is 5.10 Å². The normalized spacial score (nSPS) is 10.6. The van der Waals surface area contributed by atoms with E-state index < -0.39 is 5.82 Å². The number of para-hydroxylation sites is 1. The molecular formula is C14H14BrFN2O2. The molecule has 4 nitrogen and oxygen atoms in total. The van der Waals surface area contributed by atoms with Crippen LogP contribution >= 0.6 is 15.9 Å². The zero-order valence-corrected chi connectivity index (χ0v) is 12.8. The lowest BCUT2D eigenvalue weighted by Crippen LogP contribution is -2.08. The van der Waals surface area contributed by atoms with E-state index in [0.717, 1.165) is 15.9 Å². The van der Waals surface area contributed by atoms with Crippen molar-refractivity contribution in [2.24, 2.45) is 0 Å². The van der Waals surface area contributed by atoms with Crippen LogP contribution in [0.3, 0.4) is 0 Å². The van der Waals surface area contributed by atoms with Crippen LogP contribution in [0.4, 0.5) is 4.39 Å². The summed E-state index contributed by atoms with van der Waals surface area (Å²) < 4.78 is 21.8. The van der Waals surface area contributed by atoms with Gasteiger partial charge in [-0.05, 0) is 41.9 Å². The van der Waals surface area contributed by atoms with E-state index in [1.54, 1.807) is 4.68 Å². The van der Waals surface area contributed by atoms with Gasteiger partial charge in [-0.15, -0.1) is 0 Å².